The summed E-state index contributed by atoms with van der Waals surface area (Å²) in [4.78, 5) is 30.6. The highest BCUT2D eigenvalue weighted by atomic mass is 16.5. The number of nitrogens with zero attached hydrogens (tertiary/aromatic N) is 2. The van der Waals surface area contributed by atoms with Crippen molar-refractivity contribution < 1.29 is 18.7 Å². The van der Waals surface area contributed by atoms with Crippen molar-refractivity contribution in [1.82, 2.24) is 15.2 Å². The maximum atomic E-state index is 12.8. The predicted molar refractivity (Wildman–Crippen MR) is 97.2 cm³/mol. The van der Waals surface area contributed by atoms with Crippen molar-refractivity contribution in [1.29, 1.82) is 0 Å². The fourth-order valence-electron chi connectivity index (χ4n) is 2.44. The van der Waals surface area contributed by atoms with Crippen LogP contribution in [0.25, 0.3) is 0 Å². The summed E-state index contributed by atoms with van der Waals surface area (Å²) in [5, 5.41) is 2.75. The number of rotatable bonds is 9. The zero-order chi connectivity index (χ0) is 18.9. The van der Waals surface area contributed by atoms with Crippen LogP contribution < -0.4 is 10.1 Å². The first-order valence-electron chi connectivity index (χ1n) is 8.75. The summed E-state index contributed by atoms with van der Waals surface area (Å²) in [5.74, 6) is 0.540. The summed E-state index contributed by atoms with van der Waals surface area (Å²) in [6.07, 6.45) is 2.95. The second-order valence-corrected chi connectivity index (χ2v) is 5.84. The largest absolute Gasteiger partial charge is 0.497 e. The molecule has 0 spiro atoms. The minimum Gasteiger partial charge on any atom is -0.497 e. The quantitative estimate of drug-likeness (QED) is 0.744. The number of hydrogen-bond acceptors (Lipinski definition) is 5. The van der Waals surface area contributed by atoms with Gasteiger partial charge in [-0.15, -0.1) is 0 Å². The first-order chi connectivity index (χ1) is 12.6. The Kier molecular flexibility index (Phi) is 7.20. The maximum absolute atomic E-state index is 12.8. The Labute approximate surface area is 153 Å². The molecular weight excluding hydrogens is 334 g/mol. The molecule has 26 heavy (non-hydrogen) atoms. The first kappa shape index (κ1) is 19.5. The number of hydrogen-bond donors (Lipinski definition) is 1. The summed E-state index contributed by atoms with van der Waals surface area (Å²) in [7, 11) is 1.56. The molecule has 0 unspecified atom stereocenters. The molecule has 0 aliphatic carbocycles. The lowest BCUT2D eigenvalue weighted by atomic mass is 10.2. The third kappa shape index (κ3) is 5.08. The molecule has 140 valence electrons. The maximum Gasteiger partial charge on any atom is 0.273 e. The van der Waals surface area contributed by atoms with Gasteiger partial charge in [-0.05, 0) is 31.0 Å². The lowest BCUT2D eigenvalue weighted by Gasteiger charge is -2.20. The van der Waals surface area contributed by atoms with Crippen LogP contribution in [-0.4, -0.2) is 41.9 Å². The molecule has 0 aliphatic rings. The topological polar surface area (TPSA) is 84.7 Å². The molecule has 1 heterocycles. The van der Waals surface area contributed by atoms with Gasteiger partial charge in [0.15, 0.2) is 5.69 Å². The number of amides is 2. The Morgan fingerprint density at radius 2 is 2.08 bits per heavy atom. The molecule has 0 bridgehead atoms. The van der Waals surface area contributed by atoms with E-state index in [1.54, 1.807) is 36.3 Å². The third-order valence-corrected chi connectivity index (χ3v) is 3.74. The Hall–Kier alpha value is -2.83. The van der Waals surface area contributed by atoms with Crippen LogP contribution in [-0.2, 0) is 6.54 Å². The van der Waals surface area contributed by atoms with Gasteiger partial charge in [-0.1, -0.05) is 19.9 Å². The van der Waals surface area contributed by atoms with Gasteiger partial charge >= 0.3 is 0 Å². The van der Waals surface area contributed by atoms with Crippen molar-refractivity contribution in [2.75, 3.05) is 20.2 Å². The van der Waals surface area contributed by atoms with E-state index in [-0.39, 0.29) is 24.1 Å². The second-order valence-electron chi connectivity index (χ2n) is 5.84. The SMILES string of the molecule is CCCNC(=O)c1coc(CN(CCC)C(=O)c2cccc(OC)c2)n1. The summed E-state index contributed by atoms with van der Waals surface area (Å²) in [6.45, 7) is 5.30. The predicted octanol–water partition coefficient (Wildman–Crippen LogP) is 2.88. The van der Waals surface area contributed by atoms with Crippen LogP contribution in [0.15, 0.2) is 34.9 Å². The smallest absolute Gasteiger partial charge is 0.273 e. The first-order valence-corrected chi connectivity index (χ1v) is 8.75. The summed E-state index contributed by atoms with van der Waals surface area (Å²) < 4.78 is 10.6. The molecule has 1 aromatic carbocycles. The van der Waals surface area contributed by atoms with E-state index < -0.39 is 0 Å². The van der Waals surface area contributed by atoms with Crippen molar-refractivity contribution >= 4 is 11.8 Å². The Morgan fingerprint density at radius 1 is 1.27 bits per heavy atom. The van der Waals surface area contributed by atoms with E-state index in [1.807, 2.05) is 13.8 Å². The number of oxazole rings is 1. The molecule has 0 atom stereocenters. The number of benzene rings is 1. The summed E-state index contributed by atoms with van der Waals surface area (Å²) in [6, 6.07) is 7.00. The highest BCUT2D eigenvalue weighted by molar-refractivity contribution is 5.94. The van der Waals surface area contributed by atoms with E-state index in [0.29, 0.717) is 30.3 Å². The molecule has 0 aliphatic heterocycles. The minimum atomic E-state index is -0.275. The minimum absolute atomic E-state index is 0.138. The van der Waals surface area contributed by atoms with Crippen molar-refractivity contribution in [3.8, 4) is 5.75 Å². The molecule has 0 saturated heterocycles. The van der Waals surface area contributed by atoms with E-state index >= 15 is 0 Å². The zero-order valence-electron chi connectivity index (χ0n) is 15.4. The van der Waals surface area contributed by atoms with Gasteiger partial charge in [0.05, 0.1) is 13.7 Å². The molecule has 0 saturated carbocycles. The lowest BCUT2D eigenvalue weighted by molar-refractivity contribution is 0.0728. The zero-order valence-corrected chi connectivity index (χ0v) is 15.4. The van der Waals surface area contributed by atoms with Gasteiger partial charge in [-0.3, -0.25) is 9.59 Å². The summed E-state index contributed by atoms with van der Waals surface area (Å²) in [5.41, 5.74) is 0.754. The number of aromatic nitrogens is 1. The van der Waals surface area contributed by atoms with E-state index in [9.17, 15) is 9.59 Å². The molecule has 0 fully saturated rings. The number of carbonyl (C=O) groups excluding carboxylic acids is 2. The van der Waals surface area contributed by atoms with Crippen LogP contribution in [0, 0.1) is 0 Å². The average molecular weight is 359 g/mol. The molecule has 2 rings (SSSR count). The fourth-order valence-corrected chi connectivity index (χ4v) is 2.44. The Bertz CT molecular complexity index is 742. The van der Waals surface area contributed by atoms with Gasteiger partial charge in [-0.2, -0.15) is 0 Å². The fraction of sp³-hybridized carbons (Fsp3) is 0.421. The van der Waals surface area contributed by atoms with Crippen LogP contribution in [0.4, 0.5) is 0 Å². The van der Waals surface area contributed by atoms with Crippen LogP contribution >= 0.6 is 0 Å². The van der Waals surface area contributed by atoms with Gasteiger partial charge in [0.1, 0.15) is 12.0 Å². The second kappa shape index (κ2) is 9.60. The van der Waals surface area contributed by atoms with Gasteiger partial charge < -0.3 is 19.4 Å². The highest BCUT2D eigenvalue weighted by Crippen LogP contribution is 2.16. The monoisotopic (exact) mass is 359 g/mol. The van der Waals surface area contributed by atoms with Gasteiger partial charge in [-0.25, -0.2) is 4.98 Å². The molecule has 0 radical (unpaired) electrons. The van der Waals surface area contributed by atoms with Crippen molar-refractivity contribution in [3.63, 3.8) is 0 Å². The number of methoxy groups -OCH3 is 1. The van der Waals surface area contributed by atoms with E-state index in [2.05, 4.69) is 10.3 Å². The Morgan fingerprint density at radius 3 is 2.77 bits per heavy atom. The number of nitrogens with one attached hydrogen (secondary N) is 1. The number of carbonyl (C=O) groups is 2. The Balaban J connectivity index is 2.11. The molecule has 7 nitrogen and oxygen atoms in total. The van der Waals surface area contributed by atoms with Gasteiger partial charge in [0.2, 0.25) is 5.89 Å². The van der Waals surface area contributed by atoms with Crippen LogP contribution in [0.2, 0.25) is 0 Å². The average Bonchev–Trinajstić information content (AvgIpc) is 3.14. The molecule has 7 heteroatoms. The van der Waals surface area contributed by atoms with Crippen molar-refractivity contribution in [2.24, 2.45) is 0 Å². The van der Waals surface area contributed by atoms with E-state index in [1.165, 1.54) is 6.26 Å². The summed E-state index contributed by atoms with van der Waals surface area (Å²) >= 11 is 0. The molecule has 2 aromatic rings. The highest BCUT2D eigenvalue weighted by Gasteiger charge is 2.19. The molecule has 2 amide bonds. The molecule has 1 aromatic heterocycles. The van der Waals surface area contributed by atoms with Crippen LogP contribution in [0.3, 0.4) is 0 Å². The van der Waals surface area contributed by atoms with Crippen molar-refractivity contribution in [2.45, 2.75) is 33.2 Å². The standard InChI is InChI=1S/C19H25N3O4/c1-4-9-20-18(23)16-13-26-17(21-16)12-22(10-5-2)19(24)14-7-6-8-15(11-14)25-3/h6-8,11,13H,4-5,9-10,12H2,1-3H3,(H,20,23). The van der Waals surface area contributed by atoms with Crippen LogP contribution in [0.5, 0.6) is 5.75 Å². The third-order valence-electron chi connectivity index (χ3n) is 3.74. The molecule has 1 N–H and O–H groups in total. The van der Waals surface area contributed by atoms with Crippen molar-refractivity contribution in [3.05, 3.63) is 47.7 Å². The normalized spacial score (nSPS) is 10.4. The number of ether oxygens (including phenoxy) is 1. The van der Waals surface area contributed by atoms with E-state index in [4.69, 9.17) is 9.15 Å². The van der Waals surface area contributed by atoms with Crippen LogP contribution in [0.1, 0.15) is 53.4 Å². The van der Waals surface area contributed by atoms with E-state index in [0.717, 1.165) is 12.8 Å². The lowest BCUT2D eigenvalue weighted by Crippen LogP contribution is -2.31. The van der Waals surface area contributed by atoms with Gasteiger partial charge in [0.25, 0.3) is 11.8 Å². The van der Waals surface area contributed by atoms with Gasteiger partial charge in [0, 0.05) is 18.7 Å². The molecular formula is C19H25N3O4.